The lowest BCUT2D eigenvalue weighted by Gasteiger charge is -2.11. The quantitative estimate of drug-likeness (QED) is 0.653. The second-order valence-corrected chi connectivity index (χ2v) is 6.29. The maximum absolute atomic E-state index is 12.6. The number of aromatic nitrogens is 3. The smallest absolute Gasteiger partial charge is 0.267 e. The van der Waals surface area contributed by atoms with Gasteiger partial charge in [-0.15, -0.1) is 0 Å². The van der Waals surface area contributed by atoms with Crippen molar-refractivity contribution in [3.63, 3.8) is 0 Å². The summed E-state index contributed by atoms with van der Waals surface area (Å²) in [5.74, 6) is 1.40. The molecule has 0 atom stereocenters. The summed E-state index contributed by atoms with van der Waals surface area (Å²) >= 11 is 0. The second kappa shape index (κ2) is 8.12. The molecule has 1 amide bonds. The molecule has 0 bridgehead atoms. The van der Waals surface area contributed by atoms with E-state index in [0.29, 0.717) is 41.4 Å². The monoisotopic (exact) mass is 386 g/mol. The Kier molecular flexibility index (Phi) is 5.62. The van der Waals surface area contributed by atoms with Crippen molar-refractivity contribution in [1.29, 1.82) is 0 Å². The minimum Gasteiger partial charge on any atom is -0.493 e. The molecule has 1 N–H and O–H groups in total. The van der Waals surface area contributed by atoms with Crippen LogP contribution in [-0.4, -0.2) is 41.4 Å². The van der Waals surface area contributed by atoms with E-state index in [4.69, 9.17) is 14.0 Å². The Hall–Kier alpha value is -3.36. The summed E-state index contributed by atoms with van der Waals surface area (Å²) in [5.41, 5.74) is 1.30. The van der Waals surface area contributed by atoms with Gasteiger partial charge in [0.05, 0.1) is 19.9 Å². The number of amides is 1. The van der Waals surface area contributed by atoms with Gasteiger partial charge in [0.15, 0.2) is 11.5 Å². The van der Waals surface area contributed by atoms with Crippen molar-refractivity contribution in [2.24, 2.45) is 0 Å². The van der Waals surface area contributed by atoms with Crippen LogP contribution in [0.5, 0.6) is 11.5 Å². The molecule has 9 heteroatoms. The molecule has 9 nitrogen and oxygen atoms in total. The molecule has 0 fully saturated rings. The number of hydrogen-bond acceptors (Lipinski definition) is 7. The minimum absolute atomic E-state index is 0.121. The molecular weight excluding hydrogens is 364 g/mol. The number of carbonyl (C=O) groups is 1. The van der Waals surface area contributed by atoms with Crippen molar-refractivity contribution in [3.8, 4) is 11.5 Å². The van der Waals surface area contributed by atoms with Gasteiger partial charge in [-0.25, -0.2) is 0 Å². The highest BCUT2D eigenvalue weighted by molar-refractivity contribution is 5.77. The molecule has 0 unspecified atom stereocenters. The highest BCUT2D eigenvalue weighted by atomic mass is 16.5. The van der Waals surface area contributed by atoms with Crippen LogP contribution in [0, 0.1) is 13.8 Å². The first-order valence-electron chi connectivity index (χ1n) is 8.75. The fourth-order valence-electron chi connectivity index (χ4n) is 2.94. The van der Waals surface area contributed by atoms with Gasteiger partial charge in [-0.1, -0.05) is 11.2 Å². The van der Waals surface area contributed by atoms with Gasteiger partial charge in [-0.3, -0.25) is 14.2 Å². The summed E-state index contributed by atoms with van der Waals surface area (Å²) in [4.78, 5) is 29.1. The van der Waals surface area contributed by atoms with Gasteiger partial charge < -0.3 is 19.3 Å². The molecule has 3 rings (SSSR count). The number of methoxy groups -OCH3 is 2. The van der Waals surface area contributed by atoms with Crippen molar-refractivity contribution in [1.82, 2.24) is 20.0 Å². The fourth-order valence-corrected chi connectivity index (χ4v) is 2.94. The van der Waals surface area contributed by atoms with Crippen LogP contribution in [-0.2, 0) is 17.8 Å². The van der Waals surface area contributed by atoms with Gasteiger partial charge in [0.2, 0.25) is 5.91 Å². The molecule has 148 valence electrons. The van der Waals surface area contributed by atoms with E-state index in [2.05, 4.69) is 15.5 Å². The predicted octanol–water partition coefficient (Wildman–Crippen LogP) is 1.38. The van der Waals surface area contributed by atoms with Gasteiger partial charge in [0.25, 0.3) is 11.3 Å². The van der Waals surface area contributed by atoms with Crippen LogP contribution in [0.2, 0.25) is 0 Å². The second-order valence-electron chi connectivity index (χ2n) is 6.29. The molecule has 0 aliphatic carbocycles. The number of rotatable bonds is 7. The molecule has 0 spiro atoms. The van der Waals surface area contributed by atoms with Crippen LogP contribution in [0.25, 0.3) is 11.1 Å². The third-order valence-electron chi connectivity index (χ3n) is 4.44. The van der Waals surface area contributed by atoms with E-state index in [-0.39, 0.29) is 23.7 Å². The Morgan fingerprint density at radius 1 is 1.21 bits per heavy atom. The lowest BCUT2D eigenvalue weighted by atomic mass is 10.1. The number of nitrogens with zero attached hydrogens (tertiary/aromatic N) is 3. The Labute approximate surface area is 161 Å². The molecule has 3 aromatic rings. The first-order chi connectivity index (χ1) is 13.4. The molecule has 28 heavy (non-hydrogen) atoms. The summed E-state index contributed by atoms with van der Waals surface area (Å²) in [6, 6.07) is 5.60. The molecular formula is C19H22N4O5. The number of aryl methyl sites for hydroxylation is 2. The summed E-state index contributed by atoms with van der Waals surface area (Å²) in [7, 11) is 3.15. The van der Waals surface area contributed by atoms with E-state index in [0.717, 1.165) is 5.56 Å². The maximum Gasteiger partial charge on any atom is 0.267 e. The number of nitrogens with one attached hydrogen (secondary N) is 1. The highest BCUT2D eigenvalue weighted by Crippen LogP contribution is 2.27. The summed E-state index contributed by atoms with van der Waals surface area (Å²) in [5, 5.41) is 6.87. The molecule has 0 saturated carbocycles. The van der Waals surface area contributed by atoms with E-state index in [1.165, 1.54) is 4.57 Å². The number of hydrogen-bond donors (Lipinski definition) is 1. The Morgan fingerprint density at radius 2 is 1.96 bits per heavy atom. The predicted molar refractivity (Wildman–Crippen MR) is 102 cm³/mol. The van der Waals surface area contributed by atoms with Crippen LogP contribution >= 0.6 is 0 Å². The van der Waals surface area contributed by atoms with E-state index >= 15 is 0 Å². The molecule has 0 aliphatic rings. The Morgan fingerprint density at radius 3 is 2.68 bits per heavy atom. The molecule has 1 aromatic carbocycles. The van der Waals surface area contributed by atoms with Crippen molar-refractivity contribution in [3.05, 3.63) is 45.6 Å². The summed E-state index contributed by atoms with van der Waals surface area (Å²) < 4.78 is 16.8. The lowest BCUT2D eigenvalue weighted by molar-refractivity contribution is -0.121. The van der Waals surface area contributed by atoms with Crippen LogP contribution < -0.4 is 20.3 Å². The minimum atomic E-state index is -0.337. The first-order valence-corrected chi connectivity index (χ1v) is 8.75. The van der Waals surface area contributed by atoms with Crippen LogP contribution in [0.4, 0.5) is 0 Å². The largest absolute Gasteiger partial charge is 0.493 e. The van der Waals surface area contributed by atoms with Gasteiger partial charge in [0, 0.05) is 6.54 Å². The first kappa shape index (κ1) is 19.4. The van der Waals surface area contributed by atoms with E-state index < -0.39 is 0 Å². The Bertz CT molecular complexity index is 1070. The topological polar surface area (TPSA) is 108 Å². The van der Waals surface area contributed by atoms with Crippen molar-refractivity contribution >= 4 is 17.0 Å². The fraction of sp³-hybridized carbons (Fsp3) is 0.368. The highest BCUT2D eigenvalue weighted by Gasteiger charge is 2.16. The van der Waals surface area contributed by atoms with Crippen LogP contribution in [0.15, 0.2) is 27.5 Å². The molecule has 2 aromatic heterocycles. The molecule has 0 saturated heterocycles. The number of fused-ring (bicyclic) bond motifs is 1. The Balaban J connectivity index is 1.65. The third kappa shape index (κ3) is 3.83. The average molecular weight is 386 g/mol. The van der Waals surface area contributed by atoms with Gasteiger partial charge in [0.1, 0.15) is 17.8 Å². The van der Waals surface area contributed by atoms with E-state index in [1.807, 2.05) is 18.2 Å². The van der Waals surface area contributed by atoms with Crippen LogP contribution in [0.3, 0.4) is 0 Å². The van der Waals surface area contributed by atoms with Gasteiger partial charge in [-0.05, 0) is 38.0 Å². The standard InChI is InChI=1S/C19H22N4O5/c1-11-17-18(28-22-11)21-12(2)23(19(17)25)10-16(24)20-8-7-13-5-6-14(26-3)15(9-13)27-4/h5-6,9H,7-8,10H2,1-4H3,(H,20,24). The molecule has 0 aliphatic heterocycles. The van der Waals surface area contributed by atoms with Crippen molar-refractivity contribution < 1.29 is 18.8 Å². The van der Waals surface area contributed by atoms with Gasteiger partial charge in [-0.2, -0.15) is 4.98 Å². The summed E-state index contributed by atoms with van der Waals surface area (Å²) in [6.45, 7) is 3.61. The summed E-state index contributed by atoms with van der Waals surface area (Å²) in [6.07, 6.45) is 0.613. The molecule has 0 radical (unpaired) electrons. The zero-order chi connectivity index (χ0) is 20.3. The van der Waals surface area contributed by atoms with E-state index in [1.54, 1.807) is 28.1 Å². The number of ether oxygens (including phenoxy) is 2. The van der Waals surface area contributed by atoms with E-state index in [9.17, 15) is 9.59 Å². The maximum atomic E-state index is 12.6. The zero-order valence-electron chi connectivity index (χ0n) is 16.2. The van der Waals surface area contributed by atoms with Crippen molar-refractivity contribution in [2.45, 2.75) is 26.8 Å². The third-order valence-corrected chi connectivity index (χ3v) is 4.44. The number of benzene rings is 1. The zero-order valence-corrected chi connectivity index (χ0v) is 16.2. The van der Waals surface area contributed by atoms with Crippen LogP contribution in [0.1, 0.15) is 17.1 Å². The normalized spacial score (nSPS) is 10.9. The van der Waals surface area contributed by atoms with Crippen molar-refractivity contribution in [2.75, 3.05) is 20.8 Å². The molecule has 2 heterocycles. The lowest BCUT2D eigenvalue weighted by Crippen LogP contribution is -2.34. The average Bonchev–Trinajstić information content (AvgIpc) is 3.05. The number of carbonyl (C=O) groups excluding carboxylic acids is 1. The SMILES string of the molecule is COc1ccc(CCNC(=O)Cn2c(C)nc3onc(C)c3c2=O)cc1OC. The van der Waals surface area contributed by atoms with Gasteiger partial charge >= 0.3 is 0 Å².